The van der Waals surface area contributed by atoms with E-state index in [0.717, 1.165) is 0 Å². The third-order valence-electron chi connectivity index (χ3n) is 0. The molecular formula is C2H6EuO6S2. The first-order chi connectivity index (χ1) is 4.00. The van der Waals surface area contributed by atoms with Gasteiger partial charge in [-0.15, -0.1) is 0 Å². The topological polar surface area (TPSA) is 114 Å². The van der Waals surface area contributed by atoms with Crippen LogP contribution in [-0.4, -0.2) is 38.5 Å². The van der Waals surface area contributed by atoms with E-state index in [0.29, 0.717) is 12.5 Å². The zero-order valence-electron chi connectivity index (χ0n) is 5.64. The zero-order chi connectivity index (χ0) is 9.00. The first-order valence-electron chi connectivity index (χ1n) is 1.82. The molecule has 0 atom stereocenters. The molecule has 6 nitrogen and oxygen atoms in total. The van der Waals surface area contributed by atoms with Gasteiger partial charge in [0.05, 0.1) is 20.2 Å². The van der Waals surface area contributed by atoms with Gasteiger partial charge in [-0.25, -0.2) is 16.8 Å². The van der Waals surface area contributed by atoms with Crippen molar-refractivity contribution < 1.29 is 75.3 Å². The Kier molecular flexibility index (Phi) is 11.4. The van der Waals surface area contributed by atoms with Gasteiger partial charge >= 0.3 is 49.4 Å². The summed E-state index contributed by atoms with van der Waals surface area (Å²) in [5, 5.41) is 0. The van der Waals surface area contributed by atoms with Crippen molar-refractivity contribution in [3.05, 3.63) is 0 Å². The molecule has 0 aliphatic heterocycles. The monoisotopic (exact) mass is 343 g/mol. The van der Waals surface area contributed by atoms with Gasteiger partial charge in [-0.1, -0.05) is 0 Å². The van der Waals surface area contributed by atoms with E-state index in [2.05, 4.69) is 0 Å². The van der Waals surface area contributed by atoms with Crippen LogP contribution in [0.3, 0.4) is 0 Å². The van der Waals surface area contributed by atoms with Crippen molar-refractivity contribution in [1.82, 2.24) is 0 Å². The Morgan fingerprint density at radius 1 is 0.818 bits per heavy atom. The van der Waals surface area contributed by atoms with Gasteiger partial charge in [0.1, 0.15) is 0 Å². The van der Waals surface area contributed by atoms with E-state index >= 15 is 0 Å². The van der Waals surface area contributed by atoms with Crippen LogP contribution in [0.25, 0.3) is 0 Å². The van der Waals surface area contributed by atoms with Gasteiger partial charge < -0.3 is 9.11 Å². The Balaban J connectivity index is -0.000000107. The summed E-state index contributed by atoms with van der Waals surface area (Å²) in [7, 11) is -7.83. The predicted molar refractivity (Wildman–Crippen MR) is 31.2 cm³/mol. The fraction of sp³-hybridized carbons (Fsp3) is 1.00. The summed E-state index contributed by atoms with van der Waals surface area (Å²) in [6.45, 7) is 0. The van der Waals surface area contributed by atoms with Crippen molar-refractivity contribution in [2.45, 2.75) is 0 Å². The standard InChI is InChI=1S/2CH4O3S.Eu/c2*1-5(2,3)4;/h2*1H3,(H,2,3,4);/q;;+2/p-2. The second-order valence-electron chi connectivity index (χ2n) is 1.41. The maximum absolute atomic E-state index is 9.08. The average molecular weight is 342 g/mol. The van der Waals surface area contributed by atoms with Gasteiger partial charge in [0.2, 0.25) is 0 Å². The molecule has 0 aromatic heterocycles. The van der Waals surface area contributed by atoms with Gasteiger partial charge in [0.15, 0.2) is 0 Å². The van der Waals surface area contributed by atoms with Crippen molar-refractivity contribution in [2.75, 3.05) is 12.5 Å². The molecule has 0 bridgehead atoms. The fourth-order valence-corrected chi connectivity index (χ4v) is 0. The first-order valence-corrected chi connectivity index (χ1v) is 5.45. The second-order valence-corrected chi connectivity index (χ2v) is 4.22. The first kappa shape index (κ1) is 18.2. The van der Waals surface area contributed by atoms with Crippen LogP contribution in [0, 0.1) is 49.4 Å². The quantitative estimate of drug-likeness (QED) is 0.486. The summed E-state index contributed by atoms with van der Waals surface area (Å²) >= 11 is 0. The maximum Gasteiger partial charge on any atom is 2.00 e. The molecule has 0 spiro atoms. The third kappa shape index (κ3) is 511. The van der Waals surface area contributed by atoms with Crippen molar-refractivity contribution in [2.24, 2.45) is 0 Å². The van der Waals surface area contributed by atoms with E-state index in [1.807, 2.05) is 0 Å². The number of hydrogen-bond donors (Lipinski definition) is 0. The van der Waals surface area contributed by atoms with E-state index in [1.54, 1.807) is 0 Å². The summed E-state index contributed by atoms with van der Waals surface area (Å²) in [4.78, 5) is 0. The molecule has 0 aliphatic rings. The summed E-state index contributed by atoms with van der Waals surface area (Å²) in [5.41, 5.74) is 0. The molecule has 0 aromatic rings. The normalized spacial score (nSPS) is 10.5. The Labute approximate surface area is 106 Å². The summed E-state index contributed by atoms with van der Waals surface area (Å²) in [5.74, 6) is 0. The molecule has 0 saturated heterocycles. The Hall–Kier alpha value is 1.40. The molecule has 0 fully saturated rings. The summed E-state index contributed by atoms with van der Waals surface area (Å²) < 4.78 is 54.5. The van der Waals surface area contributed by atoms with Crippen LogP contribution in [0.5, 0.6) is 0 Å². The number of hydrogen-bond acceptors (Lipinski definition) is 6. The van der Waals surface area contributed by atoms with Crippen molar-refractivity contribution in [3.63, 3.8) is 0 Å². The minimum atomic E-state index is -3.92. The SMILES string of the molecule is CS(=O)(=O)[O-].CS(=O)(=O)[O-].[Eu+2]. The molecule has 0 heterocycles. The van der Waals surface area contributed by atoms with Crippen LogP contribution in [0.15, 0.2) is 0 Å². The van der Waals surface area contributed by atoms with Crippen molar-refractivity contribution in [1.29, 1.82) is 0 Å². The van der Waals surface area contributed by atoms with Gasteiger partial charge in [-0.3, -0.25) is 0 Å². The van der Waals surface area contributed by atoms with Crippen molar-refractivity contribution >= 4 is 20.2 Å². The van der Waals surface area contributed by atoms with E-state index in [4.69, 9.17) is 25.9 Å². The molecule has 69 valence electrons. The van der Waals surface area contributed by atoms with Gasteiger partial charge in [0, 0.05) is 12.5 Å². The van der Waals surface area contributed by atoms with Crippen LogP contribution in [-0.2, 0) is 20.2 Å². The van der Waals surface area contributed by atoms with Crippen molar-refractivity contribution in [3.8, 4) is 0 Å². The molecular weight excluding hydrogens is 336 g/mol. The summed E-state index contributed by atoms with van der Waals surface area (Å²) in [6.07, 6.45) is 1.21. The summed E-state index contributed by atoms with van der Waals surface area (Å²) in [6, 6.07) is 0. The van der Waals surface area contributed by atoms with Crippen LogP contribution >= 0.6 is 0 Å². The molecule has 0 aliphatic carbocycles. The molecule has 0 rings (SSSR count). The van der Waals surface area contributed by atoms with Gasteiger partial charge in [0.25, 0.3) is 0 Å². The third-order valence-corrected chi connectivity index (χ3v) is 0. The van der Waals surface area contributed by atoms with Crippen LogP contribution in [0.2, 0.25) is 0 Å². The molecule has 0 saturated carbocycles. The second kappa shape index (κ2) is 6.87. The van der Waals surface area contributed by atoms with Gasteiger partial charge in [-0.2, -0.15) is 0 Å². The minimum absolute atomic E-state index is 0. The molecule has 0 amide bonds. The Morgan fingerprint density at radius 2 is 0.818 bits per heavy atom. The zero-order valence-corrected chi connectivity index (χ0v) is 9.70. The Morgan fingerprint density at radius 3 is 0.818 bits per heavy atom. The molecule has 0 N–H and O–H groups in total. The van der Waals surface area contributed by atoms with E-state index < -0.39 is 20.2 Å². The molecule has 0 unspecified atom stereocenters. The molecule has 1 radical (unpaired) electrons. The fourth-order valence-electron chi connectivity index (χ4n) is 0. The number of rotatable bonds is 0. The average Bonchev–Trinajstić information content (AvgIpc) is 1.12. The van der Waals surface area contributed by atoms with Crippen LogP contribution in [0.1, 0.15) is 0 Å². The molecule has 0 aromatic carbocycles. The molecule has 9 heteroatoms. The predicted octanol–water partition coefficient (Wildman–Crippen LogP) is -1.68. The van der Waals surface area contributed by atoms with E-state index in [-0.39, 0.29) is 49.4 Å². The largest absolute Gasteiger partial charge is 2.00 e. The minimum Gasteiger partial charge on any atom is -0.748 e. The molecule has 11 heavy (non-hydrogen) atoms. The van der Waals surface area contributed by atoms with Crippen LogP contribution < -0.4 is 0 Å². The van der Waals surface area contributed by atoms with E-state index in [1.165, 1.54) is 0 Å². The Bertz CT molecular complexity index is 215. The van der Waals surface area contributed by atoms with Gasteiger partial charge in [-0.05, 0) is 0 Å². The smallest absolute Gasteiger partial charge is 0.748 e. The van der Waals surface area contributed by atoms with E-state index in [9.17, 15) is 0 Å². The maximum atomic E-state index is 9.08. The van der Waals surface area contributed by atoms with Crippen LogP contribution in [0.4, 0.5) is 0 Å².